The molecule has 0 saturated heterocycles. The lowest BCUT2D eigenvalue weighted by atomic mass is 9.92. The van der Waals surface area contributed by atoms with Gasteiger partial charge < -0.3 is 0 Å². The molecule has 0 radical (unpaired) electrons. The Hall–Kier alpha value is -0.610. The first-order valence-electron chi connectivity index (χ1n) is 5.08. The van der Waals surface area contributed by atoms with E-state index in [1.165, 1.54) is 6.07 Å². The molecule has 0 aliphatic heterocycles. The van der Waals surface area contributed by atoms with Gasteiger partial charge in [0.2, 0.25) is 0 Å². The van der Waals surface area contributed by atoms with Gasteiger partial charge in [0.25, 0.3) is 0 Å². The molecule has 0 atom stereocenters. The van der Waals surface area contributed by atoms with E-state index in [2.05, 4.69) is 4.98 Å². The second-order valence-electron chi connectivity index (χ2n) is 4.64. The van der Waals surface area contributed by atoms with Crippen LogP contribution in [0.25, 0.3) is 0 Å². The van der Waals surface area contributed by atoms with E-state index in [-0.39, 0.29) is 21.2 Å². The van der Waals surface area contributed by atoms with Gasteiger partial charge in [-0.25, -0.2) is 13.4 Å². The van der Waals surface area contributed by atoms with E-state index >= 15 is 0 Å². The van der Waals surface area contributed by atoms with E-state index in [1.54, 1.807) is 13.0 Å². The maximum absolute atomic E-state index is 11.7. The topological polar surface area (TPSA) is 47.0 Å². The molecular formula is C11H16ClNO2S. The minimum Gasteiger partial charge on any atom is -0.239 e. The smallest absolute Gasteiger partial charge is 0.181 e. The average Bonchev–Trinajstić information content (AvgIpc) is 2.16. The van der Waals surface area contributed by atoms with Crippen molar-refractivity contribution >= 4 is 21.4 Å². The van der Waals surface area contributed by atoms with Gasteiger partial charge in [0, 0.05) is 11.1 Å². The van der Waals surface area contributed by atoms with E-state index in [1.807, 2.05) is 20.8 Å². The molecule has 0 aliphatic carbocycles. The lowest BCUT2D eigenvalue weighted by molar-refractivity contribution is 0.566. The Balaban J connectivity index is 3.32. The highest BCUT2D eigenvalue weighted by Crippen LogP contribution is 2.26. The van der Waals surface area contributed by atoms with Crippen LogP contribution >= 0.6 is 11.6 Å². The number of pyridine rings is 1. The third kappa shape index (κ3) is 2.74. The number of hydrogen-bond donors (Lipinski definition) is 0. The summed E-state index contributed by atoms with van der Waals surface area (Å²) in [5.41, 5.74) is 0.644. The summed E-state index contributed by atoms with van der Waals surface area (Å²) < 4.78 is 23.3. The molecule has 3 nitrogen and oxygen atoms in total. The van der Waals surface area contributed by atoms with Gasteiger partial charge in [-0.2, -0.15) is 0 Å². The number of rotatable bonds is 2. The van der Waals surface area contributed by atoms with Crippen molar-refractivity contribution in [2.75, 3.05) is 5.75 Å². The summed E-state index contributed by atoms with van der Waals surface area (Å²) in [5, 5.41) is 0.0641. The average molecular weight is 262 g/mol. The van der Waals surface area contributed by atoms with Crippen LogP contribution in [0.15, 0.2) is 17.0 Å². The summed E-state index contributed by atoms with van der Waals surface area (Å²) in [6, 6.07) is 3.25. The molecule has 1 rings (SSSR count). The molecular weight excluding hydrogens is 246 g/mol. The first kappa shape index (κ1) is 13.5. The highest BCUT2D eigenvalue weighted by molar-refractivity contribution is 7.91. The zero-order valence-corrected chi connectivity index (χ0v) is 11.5. The van der Waals surface area contributed by atoms with Crippen LogP contribution in [0.5, 0.6) is 0 Å². The van der Waals surface area contributed by atoms with Crippen molar-refractivity contribution in [2.45, 2.75) is 38.0 Å². The van der Waals surface area contributed by atoms with Gasteiger partial charge >= 0.3 is 0 Å². The third-order valence-corrected chi connectivity index (χ3v) is 4.46. The molecule has 0 aliphatic rings. The standard InChI is InChI=1S/C11H16ClNO2S/c1-5-16(14,15)8-6-7-9(11(2,3)4)13-10(8)12/h6-7H,5H2,1-4H3. The predicted octanol–water partition coefficient (Wildman–Crippen LogP) is 2.83. The van der Waals surface area contributed by atoms with Crippen molar-refractivity contribution in [1.29, 1.82) is 0 Å². The first-order chi connectivity index (χ1) is 7.18. The molecule has 1 aromatic rings. The lowest BCUT2D eigenvalue weighted by Crippen LogP contribution is -2.15. The van der Waals surface area contributed by atoms with Gasteiger partial charge in [0.05, 0.1) is 5.75 Å². The highest BCUT2D eigenvalue weighted by atomic mass is 35.5. The number of hydrogen-bond acceptors (Lipinski definition) is 3. The van der Waals surface area contributed by atoms with Crippen LogP contribution in [0, 0.1) is 0 Å². The Labute approximate surface area is 102 Å². The van der Waals surface area contributed by atoms with Crippen LogP contribution < -0.4 is 0 Å². The molecule has 0 unspecified atom stereocenters. The van der Waals surface area contributed by atoms with Gasteiger partial charge in [-0.3, -0.25) is 0 Å². The summed E-state index contributed by atoms with van der Waals surface area (Å²) in [7, 11) is -3.29. The Morgan fingerprint density at radius 2 is 1.88 bits per heavy atom. The summed E-state index contributed by atoms with van der Waals surface area (Å²) in [5.74, 6) is 0.0310. The van der Waals surface area contributed by atoms with Crippen molar-refractivity contribution in [3.05, 3.63) is 23.0 Å². The van der Waals surface area contributed by atoms with Crippen LogP contribution in [0.2, 0.25) is 5.15 Å². The second kappa shape index (κ2) is 4.34. The number of halogens is 1. The minimum atomic E-state index is -3.29. The lowest BCUT2D eigenvalue weighted by Gasteiger charge is -2.18. The Bertz CT molecular complexity index is 489. The fourth-order valence-electron chi connectivity index (χ4n) is 1.23. The van der Waals surface area contributed by atoms with Crippen molar-refractivity contribution in [3.63, 3.8) is 0 Å². The van der Waals surface area contributed by atoms with Crippen LogP contribution in [0.3, 0.4) is 0 Å². The number of aromatic nitrogens is 1. The minimum absolute atomic E-state index is 0.0310. The maximum Gasteiger partial charge on any atom is 0.181 e. The van der Waals surface area contributed by atoms with Crippen LogP contribution in [0.4, 0.5) is 0 Å². The van der Waals surface area contributed by atoms with E-state index in [0.717, 1.165) is 5.69 Å². The Morgan fingerprint density at radius 1 is 1.31 bits per heavy atom. The molecule has 1 aromatic heterocycles. The number of nitrogens with zero attached hydrogens (tertiary/aromatic N) is 1. The van der Waals surface area contributed by atoms with E-state index in [0.29, 0.717) is 0 Å². The molecule has 0 N–H and O–H groups in total. The van der Waals surface area contributed by atoms with Gasteiger partial charge in [-0.15, -0.1) is 0 Å². The van der Waals surface area contributed by atoms with Crippen molar-refractivity contribution < 1.29 is 8.42 Å². The summed E-state index contributed by atoms with van der Waals surface area (Å²) in [4.78, 5) is 4.26. The predicted molar refractivity (Wildman–Crippen MR) is 65.7 cm³/mol. The van der Waals surface area contributed by atoms with Gasteiger partial charge in [0.15, 0.2) is 9.84 Å². The summed E-state index contributed by atoms with van der Waals surface area (Å²) >= 11 is 5.91. The highest BCUT2D eigenvalue weighted by Gasteiger charge is 2.21. The molecule has 0 aromatic carbocycles. The van der Waals surface area contributed by atoms with Crippen molar-refractivity contribution in [3.8, 4) is 0 Å². The van der Waals surface area contributed by atoms with Crippen molar-refractivity contribution in [2.24, 2.45) is 0 Å². The van der Waals surface area contributed by atoms with Crippen molar-refractivity contribution in [1.82, 2.24) is 4.98 Å². The largest absolute Gasteiger partial charge is 0.239 e. The molecule has 0 amide bonds. The third-order valence-electron chi connectivity index (χ3n) is 2.30. The molecule has 5 heteroatoms. The normalized spacial score (nSPS) is 12.8. The molecule has 90 valence electrons. The Morgan fingerprint density at radius 3 is 2.25 bits per heavy atom. The van der Waals surface area contributed by atoms with Gasteiger partial charge in [0.1, 0.15) is 10.0 Å². The maximum atomic E-state index is 11.7. The quantitative estimate of drug-likeness (QED) is 0.769. The van der Waals surface area contributed by atoms with E-state index in [9.17, 15) is 8.42 Å². The zero-order valence-electron chi connectivity index (χ0n) is 9.91. The fraction of sp³-hybridized carbons (Fsp3) is 0.545. The van der Waals surface area contributed by atoms with Gasteiger partial charge in [-0.1, -0.05) is 39.3 Å². The summed E-state index contributed by atoms with van der Waals surface area (Å²) in [6.45, 7) is 7.59. The molecule has 0 bridgehead atoms. The monoisotopic (exact) mass is 261 g/mol. The van der Waals surface area contributed by atoms with Crippen LogP contribution in [0.1, 0.15) is 33.4 Å². The Kier molecular flexibility index (Phi) is 3.65. The fourth-order valence-corrected chi connectivity index (χ4v) is 2.62. The molecule has 1 heterocycles. The van der Waals surface area contributed by atoms with E-state index < -0.39 is 9.84 Å². The number of sulfone groups is 1. The van der Waals surface area contributed by atoms with Crippen LogP contribution in [-0.4, -0.2) is 19.2 Å². The van der Waals surface area contributed by atoms with Gasteiger partial charge in [-0.05, 0) is 12.1 Å². The zero-order chi connectivity index (χ0) is 12.6. The van der Waals surface area contributed by atoms with E-state index in [4.69, 9.17) is 11.6 Å². The van der Waals surface area contributed by atoms with Crippen LogP contribution in [-0.2, 0) is 15.3 Å². The second-order valence-corrected chi connectivity index (χ2v) is 7.24. The molecule has 0 fully saturated rings. The summed E-state index contributed by atoms with van der Waals surface area (Å²) in [6.07, 6.45) is 0. The first-order valence-corrected chi connectivity index (χ1v) is 7.11. The SMILES string of the molecule is CCS(=O)(=O)c1ccc(C(C)(C)C)nc1Cl. The molecule has 16 heavy (non-hydrogen) atoms. The molecule has 0 spiro atoms. The molecule has 0 saturated carbocycles.